The maximum Gasteiger partial charge on any atom is 0.184 e. The molecular weight excluding hydrogens is 675 g/mol. The second-order valence-corrected chi connectivity index (χ2v) is 18.3. The molecule has 9 aromatic rings. The van der Waals surface area contributed by atoms with Crippen molar-refractivity contribution in [1.82, 2.24) is 9.97 Å². The summed E-state index contributed by atoms with van der Waals surface area (Å²) in [5.74, 6) is 0.878. The molecule has 0 spiro atoms. The van der Waals surface area contributed by atoms with Gasteiger partial charge in [0.25, 0.3) is 0 Å². The molecule has 4 heterocycles. The molecule has 0 fully saturated rings. The Morgan fingerprint density at radius 2 is 1.20 bits per heavy atom. The van der Waals surface area contributed by atoms with Crippen LogP contribution in [-0.4, -0.2) is 18.0 Å². The molecule has 10 rings (SSSR count). The summed E-state index contributed by atoms with van der Waals surface area (Å²) >= 11 is 0. The van der Waals surface area contributed by atoms with Crippen molar-refractivity contribution in [2.24, 2.45) is 0 Å². The van der Waals surface area contributed by atoms with Gasteiger partial charge < -0.3 is 4.42 Å². The van der Waals surface area contributed by atoms with Gasteiger partial charge in [0.2, 0.25) is 0 Å². The van der Waals surface area contributed by atoms with Gasteiger partial charge in [0.1, 0.15) is 17.0 Å². The van der Waals surface area contributed by atoms with E-state index in [0.29, 0.717) is 0 Å². The van der Waals surface area contributed by atoms with Gasteiger partial charge in [-0.1, -0.05) is 147 Å². The minimum absolute atomic E-state index is 0.358. The topological polar surface area (TPSA) is 42.2 Å². The summed E-state index contributed by atoms with van der Waals surface area (Å²) in [6.45, 7) is 4.72. The number of benzene rings is 6. The minimum Gasteiger partial charge on any atom is -0.456 e. The quantitative estimate of drug-likeness (QED) is 0.127. The van der Waals surface area contributed by atoms with E-state index in [1.807, 2.05) is 24.5 Å². The number of furan rings is 1. The molecule has 0 saturated heterocycles. The third-order valence-electron chi connectivity index (χ3n) is 11.3. The van der Waals surface area contributed by atoms with E-state index in [-0.39, 0.29) is 5.41 Å². The SMILES string of the molecule is CC1(C)c2ccccc2N(c2ccccn2)c2cc([Si](c3ccccc3)(c3ccccc3)c3cccc(-c4ccccn4)c3)c3oc4ccccc4c3c21. The third-order valence-corrected chi connectivity index (χ3v) is 16.0. The van der Waals surface area contributed by atoms with E-state index in [2.05, 4.69) is 183 Å². The number of hydrogen-bond acceptors (Lipinski definition) is 4. The van der Waals surface area contributed by atoms with Gasteiger partial charge in [-0.15, -0.1) is 0 Å². The Labute approximate surface area is 316 Å². The highest BCUT2D eigenvalue weighted by Crippen LogP contribution is 2.54. The van der Waals surface area contributed by atoms with E-state index in [9.17, 15) is 0 Å². The zero-order chi connectivity index (χ0) is 36.3. The van der Waals surface area contributed by atoms with Crippen molar-refractivity contribution in [3.8, 4) is 11.3 Å². The predicted octanol–water partition coefficient (Wildman–Crippen LogP) is 9.53. The number of fused-ring (bicyclic) bond motifs is 6. The van der Waals surface area contributed by atoms with Crippen LogP contribution in [0.15, 0.2) is 193 Å². The first-order chi connectivity index (χ1) is 26.6. The van der Waals surface area contributed by atoms with Crippen LogP contribution in [0.1, 0.15) is 25.0 Å². The summed E-state index contributed by atoms with van der Waals surface area (Å²) in [6, 6.07) is 63.4. The van der Waals surface area contributed by atoms with Gasteiger partial charge >= 0.3 is 0 Å². The number of pyridine rings is 2. The highest BCUT2D eigenvalue weighted by atomic mass is 28.3. The summed E-state index contributed by atoms with van der Waals surface area (Å²) in [5.41, 5.74) is 8.24. The molecular formula is C49H37N3OSi. The molecule has 5 heteroatoms. The number of para-hydroxylation sites is 2. The van der Waals surface area contributed by atoms with Crippen molar-refractivity contribution < 1.29 is 4.42 Å². The van der Waals surface area contributed by atoms with Crippen LogP contribution in [0, 0.1) is 0 Å². The Kier molecular flexibility index (Phi) is 7.46. The van der Waals surface area contributed by atoms with Crippen molar-refractivity contribution in [1.29, 1.82) is 0 Å². The van der Waals surface area contributed by atoms with Crippen LogP contribution in [0.2, 0.25) is 0 Å². The molecule has 0 saturated carbocycles. The predicted molar refractivity (Wildman–Crippen MR) is 225 cm³/mol. The molecule has 0 radical (unpaired) electrons. The lowest BCUT2D eigenvalue weighted by molar-refractivity contribution is 0.634. The molecule has 1 aliphatic heterocycles. The summed E-state index contributed by atoms with van der Waals surface area (Å²) in [4.78, 5) is 12.2. The normalized spacial score (nSPS) is 13.5. The second kappa shape index (κ2) is 12.5. The molecule has 4 nitrogen and oxygen atoms in total. The van der Waals surface area contributed by atoms with Gasteiger partial charge in [0.05, 0.1) is 17.1 Å². The van der Waals surface area contributed by atoms with Crippen molar-refractivity contribution in [3.63, 3.8) is 0 Å². The fourth-order valence-electron chi connectivity index (χ4n) is 8.96. The Morgan fingerprint density at radius 3 is 1.93 bits per heavy atom. The van der Waals surface area contributed by atoms with Crippen molar-refractivity contribution in [2.45, 2.75) is 19.3 Å². The monoisotopic (exact) mass is 711 g/mol. The summed E-state index contributed by atoms with van der Waals surface area (Å²) in [6.07, 6.45) is 3.76. The van der Waals surface area contributed by atoms with Gasteiger partial charge in [-0.2, -0.15) is 0 Å². The van der Waals surface area contributed by atoms with Gasteiger partial charge in [-0.25, -0.2) is 4.98 Å². The zero-order valence-electron chi connectivity index (χ0n) is 30.1. The number of aromatic nitrogens is 2. The first-order valence-electron chi connectivity index (χ1n) is 18.5. The molecule has 54 heavy (non-hydrogen) atoms. The molecule has 6 aromatic carbocycles. The Bertz CT molecular complexity index is 2760. The number of anilines is 3. The Morgan fingerprint density at radius 1 is 0.556 bits per heavy atom. The average Bonchev–Trinajstić information content (AvgIpc) is 3.62. The van der Waals surface area contributed by atoms with E-state index in [0.717, 1.165) is 50.4 Å². The standard InChI is InChI=1S/C49H37N3OSi/c1-49(2)39-25-10-11-27-41(39)52(45-29-14-16-31-51-45)42-33-44(48-46(47(42)49)38-24-9-12-28-43(38)53-48)54(35-19-5-3-6-20-35,36-21-7-4-8-22-36)37-23-17-18-34(32-37)40-26-13-15-30-50-40/h3-33H,1-2H3. The van der Waals surface area contributed by atoms with Crippen LogP contribution in [0.5, 0.6) is 0 Å². The van der Waals surface area contributed by atoms with Crippen LogP contribution >= 0.6 is 0 Å². The lowest BCUT2D eigenvalue weighted by atomic mass is 9.72. The molecule has 0 unspecified atom stereocenters. The Balaban J connectivity index is 1.43. The van der Waals surface area contributed by atoms with Crippen molar-refractivity contribution in [3.05, 3.63) is 199 Å². The van der Waals surface area contributed by atoms with E-state index in [4.69, 9.17) is 14.4 Å². The molecule has 0 N–H and O–H groups in total. The maximum atomic E-state index is 7.25. The molecule has 1 aliphatic rings. The van der Waals surface area contributed by atoms with Crippen LogP contribution < -0.4 is 25.6 Å². The van der Waals surface area contributed by atoms with Gasteiger partial charge in [0.15, 0.2) is 8.07 Å². The van der Waals surface area contributed by atoms with E-state index in [1.54, 1.807) is 0 Å². The number of hydrogen-bond donors (Lipinski definition) is 0. The largest absolute Gasteiger partial charge is 0.456 e. The number of nitrogens with zero attached hydrogens (tertiary/aromatic N) is 3. The van der Waals surface area contributed by atoms with Crippen LogP contribution in [0.25, 0.3) is 33.2 Å². The molecule has 3 aromatic heterocycles. The first kappa shape index (κ1) is 32.1. The third kappa shape index (κ3) is 4.75. The first-order valence-corrected chi connectivity index (χ1v) is 20.5. The number of rotatable bonds is 6. The van der Waals surface area contributed by atoms with E-state index in [1.165, 1.54) is 31.9 Å². The van der Waals surface area contributed by atoms with Crippen LogP contribution in [0.3, 0.4) is 0 Å². The fraction of sp³-hybridized carbons (Fsp3) is 0.0612. The zero-order valence-corrected chi connectivity index (χ0v) is 31.1. The highest BCUT2D eigenvalue weighted by Gasteiger charge is 2.47. The minimum atomic E-state index is -3.19. The lowest BCUT2D eigenvalue weighted by Gasteiger charge is -2.43. The summed E-state index contributed by atoms with van der Waals surface area (Å²) in [7, 11) is -3.19. The summed E-state index contributed by atoms with van der Waals surface area (Å²) in [5, 5.41) is 7.27. The average molecular weight is 712 g/mol. The van der Waals surface area contributed by atoms with Crippen LogP contribution in [-0.2, 0) is 5.41 Å². The summed E-state index contributed by atoms with van der Waals surface area (Å²) < 4.78 is 7.25. The lowest BCUT2D eigenvalue weighted by Crippen LogP contribution is -2.75. The molecule has 0 atom stereocenters. The van der Waals surface area contributed by atoms with Crippen molar-refractivity contribution in [2.75, 3.05) is 4.90 Å². The van der Waals surface area contributed by atoms with Gasteiger partial charge in [0, 0.05) is 34.1 Å². The maximum absolute atomic E-state index is 7.25. The van der Waals surface area contributed by atoms with E-state index < -0.39 is 8.07 Å². The van der Waals surface area contributed by atoms with E-state index >= 15 is 0 Å². The molecule has 258 valence electrons. The second-order valence-electron chi connectivity index (χ2n) is 14.6. The highest BCUT2D eigenvalue weighted by molar-refractivity contribution is 7.20. The Hall–Kier alpha value is -6.56. The van der Waals surface area contributed by atoms with Gasteiger partial charge in [-0.3, -0.25) is 9.88 Å². The molecule has 0 aliphatic carbocycles. The van der Waals surface area contributed by atoms with Gasteiger partial charge in [-0.05, 0) is 74.3 Å². The molecule has 0 amide bonds. The van der Waals surface area contributed by atoms with Crippen molar-refractivity contribution >= 4 is 68.0 Å². The molecule has 0 bridgehead atoms. The smallest absolute Gasteiger partial charge is 0.184 e. The van der Waals surface area contributed by atoms with Crippen LogP contribution in [0.4, 0.5) is 17.2 Å². The fourth-order valence-corrected chi connectivity index (χ4v) is 13.9.